The van der Waals surface area contributed by atoms with Gasteiger partial charge in [-0.1, -0.05) is 11.3 Å². The number of amides is 1. The van der Waals surface area contributed by atoms with Crippen LogP contribution < -0.4 is 15.4 Å². The first-order valence-corrected chi connectivity index (χ1v) is 7.33. The lowest BCUT2D eigenvalue weighted by atomic mass is 10.1. The van der Waals surface area contributed by atoms with Crippen molar-refractivity contribution in [3.63, 3.8) is 0 Å². The molecule has 2 heterocycles. The second-order valence-corrected chi connectivity index (χ2v) is 5.88. The molecule has 1 aliphatic rings. The Labute approximate surface area is 123 Å². The topological polar surface area (TPSA) is 63.2 Å². The molecule has 0 saturated carbocycles. The highest BCUT2D eigenvalue weighted by molar-refractivity contribution is 7.13. The largest absolute Gasteiger partial charge is 0.460 e. The Morgan fingerprint density at radius 3 is 3.05 bits per heavy atom. The van der Waals surface area contributed by atoms with Gasteiger partial charge in [-0.25, -0.2) is 4.98 Å². The average Bonchev–Trinajstić information content (AvgIpc) is 3.07. The van der Waals surface area contributed by atoms with Gasteiger partial charge in [-0.15, -0.1) is 0 Å². The molecule has 9 heteroatoms. The Balaban J connectivity index is 1.86. The molecule has 2 atom stereocenters. The summed E-state index contributed by atoms with van der Waals surface area (Å²) >= 11 is 1.00. The minimum absolute atomic E-state index is 0.0500. The van der Waals surface area contributed by atoms with Crippen molar-refractivity contribution in [2.45, 2.75) is 25.6 Å². The van der Waals surface area contributed by atoms with E-state index in [9.17, 15) is 18.0 Å². The molecule has 118 valence electrons. The van der Waals surface area contributed by atoms with Crippen molar-refractivity contribution in [3.05, 3.63) is 11.1 Å². The summed E-state index contributed by atoms with van der Waals surface area (Å²) in [5.41, 5.74) is 0. The standard InChI is InChI=1S/C12H16F3N3O2S/c1-7(18-10(19)8-2-3-16-4-8)9-5-17-11(21-9)20-6-12(13,14)15/h5,7-8,16H,2-4,6H2,1H3,(H,18,19)/t7?,8-/m1/s1. The summed E-state index contributed by atoms with van der Waals surface area (Å²) in [7, 11) is 0. The van der Waals surface area contributed by atoms with Gasteiger partial charge < -0.3 is 15.4 Å². The number of aromatic nitrogens is 1. The lowest BCUT2D eigenvalue weighted by Crippen LogP contribution is -2.33. The van der Waals surface area contributed by atoms with E-state index in [1.165, 1.54) is 6.20 Å². The SMILES string of the molecule is CC(NC(=O)[C@@H]1CCNC1)c1cnc(OCC(F)(F)F)s1. The zero-order valence-electron chi connectivity index (χ0n) is 11.4. The molecule has 5 nitrogen and oxygen atoms in total. The third-order valence-electron chi connectivity index (χ3n) is 3.08. The molecule has 1 unspecified atom stereocenters. The van der Waals surface area contributed by atoms with Crippen LogP contribution in [0.15, 0.2) is 6.20 Å². The van der Waals surface area contributed by atoms with Crippen molar-refractivity contribution in [2.24, 2.45) is 5.92 Å². The summed E-state index contributed by atoms with van der Waals surface area (Å²) in [6.45, 7) is 1.87. The normalized spacial score (nSPS) is 20.3. The summed E-state index contributed by atoms with van der Waals surface area (Å²) in [5.74, 6) is -0.111. The lowest BCUT2D eigenvalue weighted by Gasteiger charge is -2.14. The van der Waals surface area contributed by atoms with Crippen LogP contribution in [0.25, 0.3) is 0 Å². The van der Waals surface area contributed by atoms with Crippen molar-refractivity contribution >= 4 is 17.2 Å². The maximum atomic E-state index is 12.0. The first-order valence-electron chi connectivity index (χ1n) is 6.51. The number of thiazole rings is 1. The highest BCUT2D eigenvalue weighted by atomic mass is 32.1. The van der Waals surface area contributed by atoms with Gasteiger partial charge in [0.25, 0.3) is 5.19 Å². The van der Waals surface area contributed by atoms with E-state index in [2.05, 4.69) is 20.4 Å². The maximum absolute atomic E-state index is 12.0. The smallest absolute Gasteiger partial charge is 0.422 e. The van der Waals surface area contributed by atoms with E-state index in [0.717, 1.165) is 24.3 Å². The number of nitrogens with zero attached hydrogens (tertiary/aromatic N) is 1. The maximum Gasteiger partial charge on any atom is 0.422 e. The fourth-order valence-corrected chi connectivity index (χ4v) is 2.73. The second kappa shape index (κ2) is 6.61. The number of rotatable bonds is 5. The number of carbonyl (C=O) groups excluding carboxylic acids is 1. The highest BCUT2D eigenvalue weighted by Crippen LogP contribution is 2.27. The molecule has 1 amide bonds. The molecule has 21 heavy (non-hydrogen) atoms. The first-order chi connectivity index (χ1) is 9.85. The van der Waals surface area contributed by atoms with E-state index in [4.69, 9.17) is 0 Å². The molecular weight excluding hydrogens is 307 g/mol. The van der Waals surface area contributed by atoms with Crippen LogP contribution in [0.4, 0.5) is 13.2 Å². The minimum atomic E-state index is -4.39. The van der Waals surface area contributed by atoms with E-state index in [1.807, 2.05) is 0 Å². The molecule has 0 aromatic carbocycles. The monoisotopic (exact) mass is 323 g/mol. The third kappa shape index (κ3) is 4.85. The van der Waals surface area contributed by atoms with E-state index < -0.39 is 12.8 Å². The average molecular weight is 323 g/mol. The number of hydrogen-bond acceptors (Lipinski definition) is 5. The molecule has 1 aromatic heterocycles. The molecule has 0 aliphatic carbocycles. The van der Waals surface area contributed by atoms with Crippen molar-refractivity contribution in [2.75, 3.05) is 19.7 Å². The summed E-state index contributed by atoms with van der Waals surface area (Å²) in [4.78, 5) is 16.4. The van der Waals surface area contributed by atoms with Crippen LogP contribution in [0.1, 0.15) is 24.3 Å². The Morgan fingerprint density at radius 2 is 2.43 bits per heavy atom. The molecular formula is C12H16F3N3O2S. The van der Waals surface area contributed by atoms with Gasteiger partial charge in [0.2, 0.25) is 5.91 Å². The van der Waals surface area contributed by atoms with Gasteiger partial charge in [-0.2, -0.15) is 13.2 Å². The fraction of sp³-hybridized carbons (Fsp3) is 0.667. The number of hydrogen-bond donors (Lipinski definition) is 2. The molecule has 1 saturated heterocycles. The Bertz CT molecular complexity index is 486. The Hall–Kier alpha value is -1.35. The number of alkyl halides is 3. The second-order valence-electron chi connectivity index (χ2n) is 4.85. The predicted octanol–water partition coefficient (Wildman–Crippen LogP) is 1.87. The van der Waals surface area contributed by atoms with E-state index in [-0.39, 0.29) is 23.1 Å². The molecule has 1 fully saturated rings. The quantitative estimate of drug-likeness (QED) is 0.868. The van der Waals surface area contributed by atoms with Crippen molar-refractivity contribution in [3.8, 4) is 5.19 Å². The van der Waals surface area contributed by atoms with Gasteiger partial charge in [-0.3, -0.25) is 4.79 Å². The zero-order chi connectivity index (χ0) is 15.5. The molecule has 0 radical (unpaired) electrons. The van der Waals surface area contributed by atoms with Gasteiger partial charge in [0.05, 0.1) is 16.8 Å². The van der Waals surface area contributed by atoms with Gasteiger partial charge in [0, 0.05) is 12.7 Å². The fourth-order valence-electron chi connectivity index (χ4n) is 1.96. The van der Waals surface area contributed by atoms with Crippen LogP contribution >= 0.6 is 11.3 Å². The van der Waals surface area contributed by atoms with Gasteiger partial charge >= 0.3 is 6.18 Å². The van der Waals surface area contributed by atoms with Crippen LogP contribution in [0.2, 0.25) is 0 Å². The minimum Gasteiger partial charge on any atom is -0.460 e. The molecule has 2 rings (SSSR count). The van der Waals surface area contributed by atoms with Crippen LogP contribution in [-0.4, -0.2) is 36.8 Å². The van der Waals surface area contributed by atoms with Gasteiger partial charge in [0.15, 0.2) is 6.61 Å². The van der Waals surface area contributed by atoms with Crippen molar-refractivity contribution in [1.29, 1.82) is 0 Å². The lowest BCUT2D eigenvalue weighted by molar-refractivity contribution is -0.153. The zero-order valence-corrected chi connectivity index (χ0v) is 12.2. The molecule has 1 aromatic rings. The molecule has 0 spiro atoms. The van der Waals surface area contributed by atoms with Crippen molar-refractivity contribution in [1.82, 2.24) is 15.6 Å². The van der Waals surface area contributed by atoms with Crippen LogP contribution in [0.3, 0.4) is 0 Å². The van der Waals surface area contributed by atoms with Crippen LogP contribution in [-0.2, 0) is 4.79 Å². The number of ether oxygens (including phenoxy) is 1. The third-order valence-corrected chi connectivity index (χ3v) is 4.17. The Morgan fingerprint density at radius 1 is 1.67 bits per heavy atom. The summed E-state index contributed by atoms with van der Waals surface area (Å²) in [6.07, 6.45) is -2.17. The van der Waals surface area contributed by atoms with E-state index in [1.54, 1.807) is 6.92 Å². The summed E-state index contributed by atoms with van der Waals surface area (Å²) in [5, 5.41) is 5.89. The highest BCUT2D eigenvalue weighted by Gasteiger charge is 2.29. The van der Waals surface area contributed by atoms with Crippen LogP contribution in [0.5, 0.6) is 5.19 Å². The van der Waals surface area contributed by atoms with E-state index in [0.29, 0.717) is 11.4 Å². The first kappa shape index (κ1) is 16.0. The van der Waals surface area contributed by atoms with Gasteiger partial charge in [-0.05, 0) is 19.9 Å². The number of carbonyl (C=O) groups is 1. The summed E-state index contributed by atoms with van der Waals surface area (Å²) in [6, 6.07) is -0.307. The Kier molecular flexibility index (Phi) is 5.04. The summed E-state index contributed by atoms with van der Waals surface area (Å²) < 4.78 is 40.7. The number of halogens is 3. The predicted molar refractivity (Wildman–Crippen MR) is 71.2 cm³/mol. The molecule has 0 bridgehead atoms. The molecule has 2 N–H and O–H groups in total. The van der Waals surface area contributed by atoms with Crippen LogP contribution in [0, 0.1) is 5.92 Å². The molecule has 1 aliphatic heterocycles. The number of nitrogens with one attached hydrogen (secondary N) is 2. The van der Waals surface area contributed by atoms with Crippen molar-refractivity contribution < 1.29 is 22.7 Å². The van der Waals surface area contributed by atoms with Gasteiger partial charge in [0.1, 0.15) is 0 Å². The van der Waals surface area contributed by atoms with E-state index >= 15 is 0 Å².